The largest absolute Gasteiger partial charge is 0.477 e. The minimum Gasteiger partial charge on any atom is -0.477 e. The molecule has 3 aliphatic rings. The van der Waals surface area contributed by atoms with Crippen molar-refractivity contribution in [1.29, 1.82) is 0 Å². The predicted octanol–water partition coefficient (Wildman–Crippen LogP) is 2.31. The summed E-state index contributed by atoms with van der Waals surface area (Å²) in [4.78, 5) is 29.9. The van der Waals surface area contributed by atoms with Crippen molar-refractivity contribution in [2.75, 3.05) is 44.3 Å². The van der Waals surface area contributed by atoms with Crippen LogP contribution in [0.2, 0.25) is 0 Å². The number of amides is 2. The van der Waals surface area contributed by atoms with Gasteiger partial charge in [0, 0.05) is 13.1 Å². The molecule has 168 valence electrons. The first-order valence-corrected chi connectivity index (χ1v) is 11.4. The summed E-state index contributed by atoms with van der Waals surface area (Å²) < 4.78 is 11.4. The highest BCUT2D eigenvalue weighted by atomic mass is 16.5. The highest BCUT2D eigenvalue weighted by molar-refractivity contribution is 5.86. The number of anilines is 1. The Hall–Kier alpha value is -3.06. The van der Waals surface area contributed by atoms with E-state index in [-0.39, 0.29) is 24.4 Å². The molecule has 2 aliphatic heterocycles. The molecule has 7 heteroatoms. The standard InChI is InChI=1S/C25H29N3O4/c29-24(26-20-9-5-7-18-6-1-2-8-19(18)20)17-28-16-23(25(30)27-12-14-31-15-13-27)32-22-11-4-3-10-21(22)28/h1-4,6,8,10-11,20,23H,5,7,9,12-17H2,(H,26,29)/t20-,23-/m0/s1. The number of carbonyl (C=O) groups excluding carboxylic acids is 2. The summed E-state index contributed by atoms with van der Waals surface area (Å²) >= 11 is 0. The van der Waals surface area contributed by atoms with E-state index in [1.54, 1.807) is 4.90 Å². The van der Waals surface area contributed by atoms with Gasteiger partial charge in [-0.15, -0.1) is 0 Å². The molecule has 7 nitrogen and oxygen atoms in total. The lowest BCUT2D eigenvalue weighted by Gasteiger charge is -2.38. The van der Waals surface area contributed by atoms with Crippen LogP contribution in [0, 0.1) is 0 Å². The normalized spacial score (nSPS) is 22.4. The van der Waals surface area contributed by atoms with E-state index in [2.05, 4.69) is 23.5 Å². The zero-order chi connectivity index (χ0) is 21.9. The van der Waals surface area contributed by atoms with Crippen LogP contribution < -0.4 is 15.0 Å². The van der Waals surface area contributed by atoms with Crippen molar-refractivity contribution in [2.24, 2.45) is 0 Å². The molecular formula is C25H29N3O4. The van der Waals surface area contributed by atoms with E-state index in [1.165, 1.54) is 11.1 Å². The molecular weight excluding hydrogens is 406 g/mol. The van der Waals surface area contributed by atoms with Gasteiger partial charge in [-0.05, 0) is 42.5 Å². The topological polar surface area (TPSA) is 71.1 Å². The quantitative estimate of drug-likeness (QED) is 0.798. The first kappa shape index (κ1) is 20.8. The average molecular weight is 436 g/mol. The maximum Gasteiger partial charge on any atom is 0.265 e. The SMILES string of the molecule is O=C(CN1C[C@@H](C(=O)N2CCOCC2)Oc2ccccc21)N[C@H]1CCCc2ccccc21. The molecule has 5 rings (SSSR count). The number of hydrogen-bond acceptors (Lipinski definition) is 5. The van der Waals surface area contributed by atoms with Gasteiger partial charge in [-0.2, -0.15) is 0 Å². The van der Waals surface area contributed by atoms with E-state index < -0.39 is 6.10 Å². The fourth-order valence-electron chi connectivity index (χ4n) is 4.89. The third kappa shape index (κ3) is 4.30. The molecule has 1 N–H and O–H groups in total. The van der Waals surface area contributed by atoms with Crippen molar-refractivity contribution in [1.82, 2.24) is 10.2 Å². The summed E-state index contributed by atoms with van der Waals surface area (Å²) in [5.41, 5.74) is 3.38. The second kappa shape index (κ2) is 9.20. The van der Waals surface area contributed by atoms with Gasteiger partial charge in [-0.3, -0.25) is 9.59 Å². The maximum atomic E-state index is 13.1. The number of hydrogen-bond donors (Lipinski definition) is 1. The molecule has 0 saturated carbocycles. The lowest BCUT2D eigenvalue weighted by Crippen LogP contribution is -2.54. The minimum atomic E-state index is -0.633. The Morgan fingerprint density at radius 2 is 1.81 bits per heavy atom. The van der Waals surface area contributed by atoms with Crippen LogP contribution in [0.15, 0.2) is 48.5 Å². The Morgan fingerprint density at radius 3 is 2.69 bits per heavy atom. The van der Waals surface area contributed by atoms with Crippen LogP contribution in [0.1, 0.15) is 30.0 Å². The van der Waals surface area contributed by atoms with Gasteiger partial charge in [0.05, 0.1) is 38.0 Å². The zero-order valence-corrected chi connectivity index (χ0v) is 18.2. The molecule has 0 spiro atoms. The third-order valence-corrected chi connectivity index (χ3v) is 6.50. The van der Waals surface area contributed by atoms with Crippen LogP contribution in [-0.4, -0.2) is 62.2 Å². The molecule has 0 aromatic heterocycles. The fraction of sp³-hybridized carbons (Fsp3) is 0.440. The highest BCUT2D eigenvalue weighted by Crippen LogP contribution is 2.34. The number of ether oxygens (including phenoxy) is 2. The lowest BCUT2D eigenvalue weighted by atomic mass is 9.88. The van der Waals surface area contributed by atoms with Crippen LogP contribution in [0.5, 0.6) is 5.75 Å². The fourth-order valence-corrected chi connectivity index (χ4v) is 4.89. The molecule has 2 heterocycles. The van der Waals surface area contributed by atoms with Gasteiger partial charge < -0.3 is 24.6 Å². The molecule has 1 saturated heterocycles. The van der Waals surface area contributed by atoms with E-state index in [0.717, 1.165) is 24.9 Å². The Balaban J connectivity index is 1.30. The van der Waals surface area contributed by atoms with Gasteiger partial charge in [0.15, 0.2) is 6.10 Å². The van der Waals surface area contributed by atoms with E-state index in [4.69, 9.17) is 9.47 Å². The summed E-state index contributed by atoms with van der Waals surface area (Å²) in [7, 11) is 0. The summed E-state index contributed by atoms with van der Waals surface area (Å²) in [5.74, 6) is 0.552. The van der Waals surface area contributed by atoms with E-state index in [1.807, 2.05) is 35.2 Å². The Morgan fingerprint density at radius 1 is 1.03 bits per heavy atom. The van der Waals surface area contributed by atoms with Crippen LogP contribution in [0.4, 0.5) is 5.69 Å². The second-order valence-corrected chi connectivity index (χ2v) is 8.60. The van der Waals surface area contributed by atoms with Gasteiger partial charge >= 0.3 is 0 Å². The number of rotatable bonds is 4. The lowest BCUT2D eigenvalue weighted by molar-refractivity contribution is -0.142. The summed E-state index contributed by atoms with van der Waals surface area (Å²) in [6, 6.07) is 16.0. The van der Waals surface area contributed by atoms with Crippen LogP contribution in [0.25, 0.3) is 0 Å². The molecule has 2 atom stereocenters. The molecule has 32 heavy (non-hydrogen) atoms. The van der Waals surface area contributed by atoms with E-state index >= 15 is 0 Å². The highest BCUT2D eigenvalue weighted by Gasteiger charge is 2.35. The Kier molecular flexibility index (Phi) is 5.99. The van der Waals surface area contributed by atoms with Crippen LogP contribution in [-0.2, 0) is 20.7 Å². The average Bonchev–Trinajstić information content (AvgIpc) is 2.84. The summed E-state index contributed by atoms with van der Waals surface area (Å²) in [5, 5.41) is 3.23. The molecule has 2 aromatic rings. The number of para-hydroxylation sites is 2. The van der Waals surface area contributed by atoms with Crippen molar-refractivity contribution < 1.29 is 19.1 Å². The molecule has 0 unspecified atom stereocenters. The van der Waals surface area contributed by atoms with Gasteiger partial charge in [-0.1, -0.05) is 36.4 Å². The molecule has 1 fully saturated rings. The number of carbonyl (C=O) groups is 2. The first-order chi connectivity index (χ1) is 15.7. The van der Waals surface area contributed by atoms with Crippen LogP contribution >= 0.6 is 0 Å². The Labute approximate surface area is 188 Å². The van der Waals surface area contributed by atoms with E-state index in [0.29, 0.717) is 38.6 Å². The summed E-state index contributed by atoms with van der Waals surface area (Å²) in [6.45, 7) is 2.77. The minimum absolute atomic E-state index is 0.0366. The number of benzene rings is 2. The molecule has 2 amide bonds. The van der Waals surface area contributed by atoms with E-state index in [9.17, 15) is 9.59 Å². The molecule has 1 aliphatic carbocycles. The summed E-state index contributed by atoms with van der Waals surface area (Å²) in [6.07, 6.45) is 2.44. The zero-order valence-electron chi connectivity index (χ0n) is 18.2. The van der Waals surface area contributed by atoms with Gasteiger partial charge in [0.1, 0.15) is 5.75 Å². The van der Waals surface area contributed by atoms with Crippen molar-refractivity contribution >= 4 is 17.5 Å². The van der Waals surface area contributed by atoms with Gasteiger partial charge in [0.25, 0.3) is 5.91 Å². The van der Waals surface area contributed by atoms with Crippen LogP contribution in [0.3, 0.4) is 0 Å². The van der Waals surface area contributed by atoms with Gasteiger partial charge in [0.2, 0.25) is 5.91 Å². The maximum absolute atomic E-state index is 13.1. The number of nitrogens with one attached hydrogen (secondary N) is 1. The third-order valence-electron chi connectivity index (χ3n) is 6.50. The van der Waals surface area contributed by atoms with Crippen molar-refractivity contribution in [3.8, 4) is 5.75 Å². The first-order valence-electron chi connectivity index (χ1n) is 11.4. The molecule has 0 bridgehead atoms. The number of aryl methyl sites for hydroxylation is 1. The number of fused-ring (bicyclic) bond motifs is 2. The number of nitrogens with zero attached hydrogens (tertiary/aromatic N) is 2. The second-order valence-electron chi connectivity index (χ2n) is 8.60. The Bertz CT molecular complexity index is 989. The molecule has 0 radical (unpaired) electrons. The van der Waals surface area contributed by atoms with Crippen molar-refractivity contribution in [3.05, 3.63) is 59.7 Å². The van der Waals surface area contributed by atoms with Crippen molar-refractivity contribution in [3.63, 3.8) is 0 Å². The smallest absolute Gasteiger partial charge is 0.265 e. The van der Waals surface area contributed by atoms with Crippen molar-refractivity contribution in [2.45, 2.75) is 31.4 Å². The number of morpholine rings is 1. The monoisotopic (exact) mass is 435 g/mol. The molecule has 2 aromatic carbocycles. The van der Waals surface area contributed by atoms with Gasteiger partial charge in [-0.25, -0.2) is 0 Å². The predicted molar refractivity (Wildman–Crippen MR) is 121 cm³/mol.